The summed E-state index contributed by atoms with van der Waals surface area (Å²) in [5.74, 6) is 0. The Balaban J connectivity index is 1.96. The number of rotatable bonds is 5. The molecule has 0 fully saturated rings. The number of imidazole rings is 1. The molecular formula is C13H14N2O. The van der Waals surface area contributed by atoms with Crippen LogP contribution in [0, 0.1) is 0 Å². The lowest BCUT2D eigenvalue weighted by Crippen LogP contribution is -2.08. The third kappa shape index (κ3) is 2.58. The van der Waals surface area contributed by atoms with Crippen molar-refractivity contribution < 1.29 is 4.74 Å². The Morgan fingerprint density at radius 2 is 2.19 bits per heavy atom. The fourth-order valence-electron chi connectivity index (χ4n) is 1.45. The van der Waals surface area contributed by atoms with Gasteiger partial charge in [-0.2, -0.15) is 0 Å². The summed E-state index contributed by atoms with van der Waals surface area (Å²) in [6, 6.07) is 10.1. The Labute approximate surface area is 95.0 Å². The Morgan fingerprint density at radius 1 is 1.38 bits per heavy atom. The standard InChI is InChI=1S/C13H14N2O/c1-2-13(15-9-8-14-11-15)16-10-12-6-4-3-5-7-12/h2-9,11,13H,1,10H2. The Kier molecular flexibility index (Phi) is 3.51. The second-order valence-corrected chi connectivity index (χ2v) is 3.43. The molecule has 0 saturated heterocycles. The number of nitrogens with zero attached hydrogens (tertiary/aromatic N) is 2. The topological polar surface area (TPSA) is 27.1 Å². The van der Waals surface area contributed by atoms with Gasteiger partial charge in [0.15, 0.2) is 6.23 Å². The Hall–Kier alpha value is -1.87. The average molecular weight is 214 g/mol. The number of ether oxygens (including phenoxy) is 1. The molecule has 0 aliphatic carbocycles. The van der Waals surface area contributed by atoms with Gasteiger partial charge in [-0.1, -0.05) is 36.9 Å². The van der Waals surface area contributed by atoms with Crippen LogP contribution >= 0.6 is 0 Å². The molecule has 2 rings (SSSR count). The first-order chi connectivity index (χ1) is 7.90. The molecular weight excluding hydrogens is 200 g/mol. The zero-order valence-corrected chi connectivity index (χ0v) is 8.99. The van der Waals surface area contributed by atoms with Crippen LogP contribution in [0.1, 0.15) is 11.8 Å². The van der Waals surface area contributed by atoms with Crippen LogP contribution in [0.2, 0.25) is 0 Å². The van der Waals surface area contributed by atoms with E-state index in [1.54, 1.807) is 18.6 Å². The highest BCUT2D eigenvalue weighted by Crippen LogP contribution is 2.12. The molecule has 82 valence electrons. The summed E-state index contributed by atoms with van der Waals surface area (Å²) in [7, 11) is 0. The van der Waals surface area contributed by atoms with E-state index in [0.717, 1.165) is 5.56 Å². The van der Waals surface area contributed by atoms with Crippen LogP contribution < -0.4 is 0 Å². The summed E-state index contributed by atoms with van der Waals surface area (Å²) >= 11 is 0. The maximum Gasteiger partial charge on any atom is 0.154 e. The summed E-state index contributed by atoms with van der Waals surface area (Å²) in [5, 5.41) is 0. The molecule has 0 saturated carbocycles. The normalized spacial score (nSPS) is 12.2. The van der Waals surface area contributed by atoms with E-state index in [-0.39, 0.29) is 6.23 Å². The highest BCUT2D eigenvalue weighted by Gasteiger charge is 2.05. The van der Waals surface area contributed by atoms with Crippen LogP contribution in [-0.2, 0) is 11.3 Å². The zero-order chi connectivity index (χ0) is 11.2. The van der Waals surface area contributed by atoms with Gasteiger partial charge in [0.25, 0.3) is 0 Å². The number of benzene rings is 1. The molecule has 2 aromatic rings. The lowest BCUT2D eigenvalue weighted by Gasteiger charge is -2.14. The van der Waals surface area contributed by atoms with E-state index >= 15 is 0 Å². The second kappa shape index (κ2) is 5.28. The van der Waals surface area contributed by atoms with E-state index in [0.29, 0.717) is 6.61 Å². The summed E-state index contributed by atoms with van der Waals surface area (Å²) in [6.07, 6.45) is 6.89. The van der Waals surface area contributed by atoms with Gasteiger partial charge in [-0.05, 0) is 11.6 Å². The first-order valence-corrected chi connectivity index (χ1v) is 5.15. The number of aromatic nitrogens is 2. The fraction of sp³-hybridized carbons (Fsp3) is 0.154. The van der Waals surface area contributed by atoms with Gasteiger partial charge >= 0.3 is 0 Å². The quantitative estimate of drug-likeness (QED) is 0.715. The lowest BCUT2D eigenvalue weighted by atomic mass is 10.2. The molecule has 1 atom stereocenters. The van der Waals surface area contributed by atoms with Crippen molar-refractivity contribution in [1.29, 1.82) is 0 Å². The summed E-state index contributed by atoms with van der Waals surface area (Å²) < 4.78 is 7.60. The Morgan fingerprint density at radius 3 is 2.81 bits per heavy atom. The molecule has 1 aromatic carbocycles. The van der Waals surface area contributed by atoms with Crippen LogP contribution in [0.4, 0.5) is 0 Å². The molecule has 3 nitrogen and oxygen atoms in total. The van der Waals surface area contributed by atoms with Gasteiger partial charge in [-0.15, -0.1) is 0 Å². The summed E-state index contributed by atoms with van der Waals surface area (Å²) in [6.45, 7) is 4.32. The molecule has 1 heterocycles. The van der Waals surface area contributed by atoms with E-state index in [4.69, 9.17) is 4.74 Å². The molecule has 1 aromatic heterocycles. The van der Waals surface area contributed by atoms with Crippen molar-refractivity contribution in [3.63, 3.8) is 0 Å². The first kappa shape index (κ1) is 10.6. The van der Waals surface area contributed by atoms with Crippen molar-refractivity contribution in [3.05, 3.63) is 67.3 Å². The SMILES string of the molecule is C=CC(OCc1ccccc1)n1ccnc1. The highest BCUT2D eigenvalue weighted by molar-refractivity contribution is 5.13. The van der Waals surface area contributed by atoms with Crippen molar-refractivity contribution >= 4 is 0 Å². The monoisotopic (exact) mass is 214 g/mol. The Bertz CT molecular complexity index is 422. The van der Waals surface area contributed by atoms with Crippen LogP contribution in [0.3, 0.4) is 0 Å². The van der Waals surface area contributed by atoms with Crippen molar-refractivity contribution in [2.45, 2.75) is 12.8 Å². The van der Waals surface area contributed by atoms with Gasteiger partial charge in [0, 0.05) is 12.4 Å². The smallest absolute Gasteiger partial charge is 0.154 e. The minimum absolute atomic E-state index is 0.164. The molecule has 16 heavy (non-hydrogen) atoms. The predicted octanol–water partition coefficient (Wildman–Crippen LogP) is 2.78. The van der Waals surface area contributed by atoms with Crippen molar-refractivity contribution in [2.75, 3.05) is 0 Å². The van der Waals surface area contributed by atoms with E-state index in [2.05, 4.69) is 11.6 Å². The fourth-order valence-corrected chi connectivity index (χ4v) is 1.45. The first-order valence-electron chi connectivity index (χ1n) is 5.15. The van der Waals surface area contributed by atoms with Gasteiger partial charge < -0.3 is 9.30 Å². The van der Waals surface area contributed by atoms with Gasteiger partial charge in [-0.25, -0.2) is 4.98 Å². The van der Waals surface area contributed by atoms with Crippen LogP contribution in [-0.4, -0.2) is 9.55 Å². The van der Waals surface area contributed by atoms with Crippen molar-refractivity contribution in [2.24, 2.45) is 0 Å². The van der Waals surface area contributed by atoms with E-state index in [1.807, 2.05) is 41.1 Å². The van der Waals surface area contributed by atoms with E-state index < -0.39 is 0 Å². The van der Waals surface area contributed by atoms with Crippen LogP contribution in [0.15, 0.2) is 61.7 Å². The lowest BCUT2D eigenvalue weighted by molar-refractivity contribution is 0.0252. The molecule has 0 aliphatic heterocycles. The third-order valence-electron chi connectivity index (χ3n) is 2.28. The van der Waals surface area contributed by atoms with E-state index in [9.17, 15) is 0 Å². The molecule has 0 N–H and O–H groups in total. The number of hydrogen-bond acceptors (Lipinski definition) is 2. The van der Waals surface area contributed by atoms with Crippen molar-refractivity contribution in [3.8, 4) is 0 Å². The molecule has 0 amide bonds. The molecule has 1 unspecified atom stereocenters. The minimum atomic E-state index is -0.164. The highest BCUT2D eigenvalue weighted by atomic mass is 16.5. The summed E-state index contributed by atoms with van der Waals surface area (Å²) in [5.41, 5.74) is 1.15. The van der Waals surface area contributed by atoms with Gasteiger partial charge in [0.05, 0.1) is 12.9 Å². The molecule has 0 aliphatic rings. The largest absolute Gasteiger partial charge is 0.350 e. The maximum atomic E-state index is 5.73. The molecule has 0 spiro atoms. The van der Waals surface area contributed by atoms with Gasteiger partial charge in [0.2, 0.25) is 0 Å². The third-order valence-corrected chi connectivity index (χ3v) is 2.28. The van der Waals surface area contributed by atoms with E-state index in [1.165, 1.54) is 0 Å². The molecule has 0 bridgehead atoms. The van der Waals surface area contributed by atoms with Gasteiger partial charge in [-0.3, -0.25) is 0 Å². The maximum absolute atomic E-state index is 5.73. The summed E-state index contributed by atoms with van der Waals surface area (Å²) in [4.78, 5) is 3.98. The zero-order valence-electron chi connectivity index (χ0n) is 8.99. The average Bonchev–Trinajstić information content (AvgIpc) is 2.85. The minimum Gasteiger partial charge on any atom is -0.350 e. The van der Waals surface area contributed by atoms with Gasteiger partial charge in [0.1, 0.15) is 0 Å². The van der Waals surface area contributed by atoms with Crippen LogP contribution in [0.25, 0.3) is 0 Å². The molecule has 3 heteroatoms. The van der Waals surface area contributed by atoms with Crippen molar-refractivity contribution in [1.82, 2.24) is 9.55 Å². The number of hydrogen-bond donors (Lipinski definition) is 0. The van der Waals surface area contributed by atoms with Crippen LogP contribution in [0.5, 0.6) is 0 Å². The predicted molar refractivity (Wildman–Crippen MR) is 62.7 cm³/mol. The second-order valence-electron chi connectivity index (χ2n) is 3.43. The molecule has 0 radical (unpaired) electrons.